The number of thioether (sulfide) groups is 1. The van der Waals surface area contributed by atoms with Crippen LogP contribution in [0.4, 0.5) is 0 Å². The molecule has 2 nitrogen and oxygen atoms in total. The van der Waals surface area contributed by atoms with E-state index in [1.54, 1.807) is 6.26 Å². The molecule has 1 saturated carbocycles. The highest BCUT2D eigenvalue weighted by molar-refractivity contribution is 7.99. The van der Waals surface area contributed by atoms with Crippen molar-refractivity contribution in [3.05, 3.63) is 24.2 Å². The summed E-state index contributed by atoms with van der Waals surface area (Å²) in [4.78, 5) is 0. The third-order valence-corrected chi connectivity index (χ3v) is 4.56. The zero-order chi connectivity index (χ0) is 10.5. The Hall–Kier alpha value is -0.410. The predicted molar refractivity (Wildman–Crippen MR) is 65.2 cm³/mol. The lowest BCUT2D eigenvalue weighted by molar-refractivity contribution is 0.554. The molecule has 1 heterocycles. The largest absolute Gasteiger partial charge is 0.472 e. The Labute approximate surface area is 95.8 Å². The molecule has 0 bridgehead atoms. The lowest BCUT2D eigenvalue weighted by Gasteiger charge is -2.16. The van der Waals surface area contributed by atoms with Crippen molar-refractivity contribution < 1.29 is 4.42 Å². The standard InChI is InChI=1S/C12H19NOS/c1-13-12(10-6-7-14-8-10)9-15-11-4-2-3-5-11/h6-8,11-13H,2-5,9H2,1H3. The van der Waals surface area contributed by atoms with Gasteiger partial charge in [0, 0.05) is 22.6 Å². The fraction of sp³-hybridized carbons (Fsp3) is 0.667. The van der Waals surface area contributed by atoms with Crippen LogP contribution in [0.3, 0.4) is 0 Å². The van der Waals surface area contributed by atoms with Gasteiger partial charge in [0.2, 0.25) is 0 Å². The average Bonchev–Trinajstić information content (AvgIpc) is 2.90. The summed E-state index contributed by atoms with van der Waals surface area (Å²) in [6.45, 7) is 0. The van der Waals surface area contributed by atoms with Gasteiger partial charge in [-0.1, -0.05) is 12.8 Å². The maximum Gasteiger partial charge on any atom is 0.0950 e. The van der Waals surface area contributed by atoms with Gasteiger partial charge >= 0.3 is 0 Å². The minimum Gasteiger partial charge on any atom is -0.472 e. The molecule has 1 aromatic heterocycles. The molecule has 0 aromatic carbocycles. The smallest absolute Gasteiger partial charge is 0.0950 e. The van der Waals surface area contributed by atoms with Crippen LogP contribution in [0, 0.1) is 0 Å². The molecule has 0 amide bonds. The van der Waals surface area contributed by atoms with E-state index in [9.17, 15) is 0 Å². The predicted octanol–water partition coefficient (Wildman–Crippen LogP) is 3.22. The van der Waals surface area contributed by atoms with E-state index in [2.05, 4.69) is 23.1 Å². The van der Waals surface area contributed by atoms with Crippen molar-refractivity contribution in [2.24, 2.45) is 0 Å². The summed E-state index contributed by atoms with van der Waals surface area (Å²) < 4.78 is 5.12. The van der Waals surface area contributed by atoms with E-state index in [1.165, 1.54) is 31.2 Å². The Morgan fingerprint density at radius 1 is 1.53 bits per heavy atom. The van der Waals surface area contributed by atoms with Gasteiger partial charge < -0.3 is 9.73 Å². The SMILES string of the molecule is CNC(CSC1CCCC1)c1ccoc1. The van der Waals surface area contributed by atoms with Gasteiger partial charge in [-0.05, 0) is 26.0 Å². The minimum absolute atomic E-state index is 0.439. The molecule has 84 valence electrons. The monoisotopic (exact) mass is 225 g/mol. The molecule has 0 spiro atoms. The van der Waals surface area contributed by atoms with Gasteiger partial charge in [0.15, 0.2) is 0 Å². The zero-order valence-electron chi connectivity index (χ0n) is 9.24. The van der Waals surface area contributed by atoms with Gasteiger partial charge in [0.25, 0.3) is 0 Å². The van der Waals surface area contributed by atoms with E-state index < -0.39 is 0 Å². The molecule has 3 heteroatoms. The van der Waals surface area contributed by atoms with Crippen LogP contribution < -0.4 is 5.32 Å². The van der Waals surface area contributed by atoms with Crippen LogP contribution >= 0.6 is 11.8 Å². The van der Waals surface area contributed by atoms with Crippen LogP contribution in [-0.2, 0) is 0 Å². The highest BCUT2D eigenvalue weighted by Crippen LogP contribution is 2.31. The van der Waals surface area contributed by atoms with Gasteiger partial charge in [0.05, 0.1) is 12.5 Å². The van der Waals surface area contributed by atoms with Crippen LogP contribution in [0.25, 0.3) is 0 Å². The number of hydrogen-bond donors (Lipinski definition) is 1. The molecule has 1 aliphatic rings. The second-order valence-corrected chi connectivity index (χ2v) is 5.47. The van der Waals surface area contributed by atoms with Crippen LogP contribution in [-0.4, -0.2) is 18.1 Å². The molecule has 1 aliphatic carbocycles. The summed E-state index contributed by atoms with van der Waals surface area (Å²) in [5, 5.41) is 4.24. The Morgan fingerprint density at radius 3 is 2.93 bits per heavy atom. The zero-order valence-corrected chi connectivity index (χ0v) is 10.1. The van der Waals surface area contributed by atoms with E-state index >= 15 is 0 Å². The van der Waals surface area contributed by atoms with Crippen molar-refractivity contribution in [3.63, 3.8) is 0 Å². The van der Waals surface area contributed by atoms with Crippen molar-refractivity contribution in [2.45, 2.75) is 37.0 Å². The van der Waals surface area contributed by atoms with Crippen molar-refractivity contribution in [1.29, 1.82) is 0 Å². The minimum atomic E-state index is 0.439. The Balaban J connectivity index is 1.80. The molecular weight excluding hydrogens is 206 g/mol. The normalized spacial score (nSPS) is 19.5. The number of hydrogen-bond acceptors (Lipinski definition) is 3. The first-order valence-electron chi connectivity index (χ1n) is 5.71. The summed E-state index contributed by atoms with van der Waals surface area (Å²) in [6, 6.07) is 2.49. The second-order valence-electron chi connectivity index (χ2n) is 4.14. The highest BCUT2D eigenvalue weighted by Gasteiger charge is 2.18. The summed E-state index contributed by atoms with van der Waals surface area (Å²) in [6.07, 6.45) is 9.26. The molecule has 1 unspecified atom stereocenters. The highest BCUT2D eigenvalue weighted by atomic mass is 32.2. The molecule has 0 radical (unpaired) electrons. The maximum atomic E-state index is 5.12. The third kappa shape index (κ3) is 3.02. The van der Waals surface area contributed by atoms with E-state index in [0.29, 0.717) is 6.04 Å². The lowest BCUT2D eigenvalue weighted by atomic mass is 10.2. The van der Waals surface area contributed by atoms with Gasteiger partial charge in [-0.25, -0.2) is 0 Å². The first-order valence-corrected chi connectivity index (χ1v) is 6.76. The average molecular weight is 225 g/mol. The Kier molecular flexibility index (Phi) is 4.15. The number of rotatable bonds is 5. The topological polar surface area (TPSA) is 25.2 Å². The molecule has 0 aliphatic heterocycles. The first kappa shape index (κ1) is 11.1. The second kappa shape index (κ2) is 5.61. The van der Waals surface area contributed by atoms with Crippen LogP contribution in [0.15, 0.2) is 23.0 Å². The Bertz CT molecular complexity index is 267. The lowest BCUT2D eigenvalue weighted by Crippen LogP contribution is -2.19. The fourth-order valence-corrected chi connectivity index (χ4v) is 3.60. The van der Waals surface area contributed by atoms with Crippen LogP contribution in [0.2, 0.25) is 0 Å². The number of nitrogens with one attached hydrogen (secondary N) is 1. The maximum absolute atomic E-state index is 5.12. The van der Waals surface area contributed by atoms with Crippen molar-refractivity contribution in [3.8, 4) is 0 Å². The molecule has 1 atom stereocenters. The van der Waals surface area contributed by atoms with Gasteiger partial charge in [-0.15, -0.1) is 0 Å². The van der Waals surface area contributed by atoms with Gasteiger partial charge in [-0.2, -0.15) is 11.8 Å². The summed E-state index contributed by atoms with van der Waals surface area (Å²) in [7, 11) is 2.02. The molecular formula is C12H19NOS. The van der Waals surface area contributed by atoms with Crippen molar-refractivity contribution in [2.75, 3.05) is 12.8 Å². The van der Waals surface area contributed by atoms with Crippen molar-refractivity contribution in [1.82, 2.24) is 5.32 Å². The summed E-state index contributed by atoms with van der Waals surface area (Å²) >= 11 is 2.11. The van der Waals surface area contributed by atoms with Crippen LogP contribution in [0.1, 0.15) is 37.3 Å². The molecule has 1 fully saturated rings. The van der Waals surface area contributed by atoms with Crippen LogP contribution in [0.5, 0.6) is 0 Å². The molecule has 1 aromatic rings. The third-order valence-electron chi connectivity index (χ3n) is 3.09. The first-order chi connectivity index (χ1) is 7.40. The summed E-state index contributed by atoms with van der Waals surface area (Å²) in [5.41, 5.74) is 1.27. The van der Waals surface area contributed by atoms with Gasteiger partial charge in [-0.3, -0.25) is 0 Å². The van der Waals surface area contributed by atoms with E-state index in [0.717, 1.165) is 11.0 Å². The molecule has 1 N–H and O–H groups in total. The molecule has 0 saturated heterocycles. The van der Waals surface area contributed by atoms with E-state index in [1.807, 2.05) is 13.3 Å². The van der Waals surface area contributed by atoms with Crippen molar-refractivity contribution >= 4 is 11.8 Å². The van der Waals surface area contributed by atoms with Gasteiger partial charge in [0.1, 0.15) is 0 Å². The quantitative estimate of drug-likeness (QED) is 0.833. The van der Waals surface area contributed by atoms with E-state index in [4.69, 9.17) is 4.42 Å². The Morgan fingerprint density at radius 2 is 2.33 bits per heavy atom. The van der Waals surface area contributed by atoms with E-state index in [-0.39, 0.29) is 0 Å². The fourth-order valence-electron chi connectivity index (χ4n) is 2.11. The molecule has 2 rings (SSSR count). The number of furan rings is 1. The molecule has 15 heavy (non-hydrogen) atoms. The summed E-state index contributed by atoms with van der Waals surface area (Å²) in [5.74, 6) is 1.15.